The molecule has 28 heavy (non-hydrogen) atoms. The van der Waals surface area contributed by atoms with Crippen LogP contribution in [0.1, 0.15) is 44.1 Å². The largest absolute Gasteiger partial charge is 0.370 e. The molecule has 0 amide bonds. The van der Waals surface area contributed by atoms with Crippen molar-refractivity contribution in [2.75, 3.05) is 33.0 Å². The number of rotatable bonds is 15. The summed E-state index contributed by atoms with van der Waals surface area (Å²) in [6, 6.07) is 10.2. The van der Waals surface area contributed by atoms with Crippen LogP contribution in [0.2, 0.25) is 0 Å². The summed E-state index contributed by atoms with van der Waals surface area (Å²) in [7, 11) is 0. The Balaban J connectivity index is 2.20. The fourth-order valence-electron chi connectivity index (χ4n) is 2.85. The van der Waals surface area contributed by atoms with Crippen LogP contribution in [0.25, 0.3) is 0 Å². The van der Waals surface area contributed by atoms with E-state index in [4.69, 9.17) is 22.3 Å². The predicted octanol–water partition coefficient (Wildman–Crippen LogP) is 1.34. The highest BCUT2D eigenvalue weighted by molar-refractivity contribution is 5.94. The molecule has 8 nitrogen and oxygen atoms in total. The standard InChI is InChI=1S/C20H38N8/c21-13-8-3-1-2-4-9-14-25-16-26-17-28(20(24)27-19(22)23)15-12-18-10-6-5-7-11-18/h5-7,10-11,25-26H,1-4,8-9,12-17,21H2,(H5,22,23,24,27). The van der Waals surface area contributed by atoms with Crippen LogP contribution in [0.3, 0.4) is 0 Å². The van der Waals surface area contributed by atoms with E-state index < -0.39 is 0 Å². The van der Waals surface area contributed by atoms with Crippen LogP contribution in [0.5, 0.6) is 0 Å². The van der Waals surface area contributed by atoms with Crippen LogP contribution in [0.15, 0.2) is 30.3 Å². The van der Waals surface area contributed by atoms with Crippen LogP contribution >= 0.6 is 0 Å². The van der Waals surface area contributed by atoms with Gasteiger partial charge < -0.3 is 21.7 Å². The second kappa shape index (κ2) is 15.9. The molecule has 0 heterocycles. The predicted molar refractivity (Wildman–Crippen MR) is 117 cm³/mol. The van der Waals surface area contributed by atoms with Gasteiger partial charge in [-0.05, 0) is 37.9 Å². The number of nitrogens with two attached hydrogens (primary N) is 2. The molecule has 1 rings (SSSR count). The number of unbranched alkanes of at least 4 members (excludes halogenated alkanes) is 5. The highest BCUT2D eigenvalue weighted by Crippen LogP contribution is 2.04. The molecule has 1 aromatic carbocycles. The van der Waals surface area contributed by atoms with Crippen molar-refractivity contribution in [1.29, 1.82) is 10.8 Å². The lowest BCUT2D eigenvalue weighted by Gasteiger charge is -2.25. The second-order valence-corrected chi connectivity index (χ2v) is 6.88. The van der Waals surface area contributed by atoms with E-state index in [1.54, 1.807) is 0 Å². The Kier molecular flexibility index (Phi) is 13.5. The smallest absolute Gasteiger partial charge is 0.198 e. The minimum atomic E-state index is -0.223. The van der Waals surface area contributed by atoms with Crippen molar-refractivity contribution in [1.82, 2.24) is 20.9 Å². The Labute approximate surface area is 169 Å². The average molecular weight is 391 g/mol. The molecule has 0 saturated heterocycles. The topological polar surface area (TPSA) is 139 Å². The molecular formula is C20H38N8. The van der Waals surface area contributed by atoms with Crippen molar-refractivity contribution in [3.8, 4) is 0 Å². The summed E-state index contributed by atoms with van der Waals surface area (Å²) in [6.45, 7) is 3.64. The summed E-state index contributed by atoms with van der Waals surface area (Å²) in [6.07, 6.45) is 8.16. The zero-order chi connectivity index (χ0) is 20.5. The second-order valence-electron chi connectivity index (χ2n) is 6.88. The van der Waals surface area contributed by atoms with Crippen LogP contribution < -0.4 is 27.4 Å². The van der Waals surface area contributed by atoms with Gasteiger partial charge in [-0.1, -0.05) is 56.0 Å². The molecule has 9 N–H and O–H groups in total. The van der Waals surface area contributed by atoms with E-state index in [-0.39, 0.29) is 11.9 Å². The molecule has 0 saturated carbocycles. The number of nitrogens with zero attached hydrogens (tertiary/aromatic N) is 1. The van der Waals surface area contributed by atoms with Crippen LogP contribution in [0, 0.1) is 10.8 Å². The summed E-state index contributed by atoms with van der Waals surface area (Å²) < 4.78 is 0. The van der Waals surface area contributed by atoms with Gasteiger partial charge >= 0.3 is 0 Å². The van der Waals surface area contributed by atoms with Crippen LogP contribution in [-0.4, -0.2) is 49.8 Å². The van der Waals surface area contributed by atoms with E-state index in [2.05, 4.69) is 28.1 Å². The molecule has 0 aliphatic carbocycles. The number of guanidine groups is 2. The van der Waals surface area contributed by atoms with Gasteiger partial charge in [-0.3, -0.25) is 21.5 Å². The first-order valence-corrected chi connectivity index (χ1v) is 10.2. The molecule has 158 valence electrons. The van der Waals surface area contributed by atoms with Crippen molar-refractivity contribution in [3.63, 3.8) is 0 Å². The van der Waals surface area contributed by atoms with Crippen molar-refractivity contribution in [2.45, 2.75) is 44.9 Å². The molecular weight excluding hydrogens is 352 g/mol. The van der Waals surface area contributed by atoms with Gasteiger partial charge in [-0.2, -0.15) is 0 Å². The van der Waals surface area contributed by atoms with E-state index in [0.717, 1.165) is 25.9 Å². The maximum atomic E-state index is 8.11. The first-order valence-electron chi connectivity index (χ1n) is 10.2. The highest BCUT2D eigenvalue weighted by Gasteiger charge is 2.10. The van der Waals surface area contributed by atoms with Crippen molar-refractivity contribution in [2.24, 2.45) is 11.5 Å². The van der Waals surface area contributed by atoms with Gasteiger partial charge in [0, 0.05) is 13.2 Å². The van der Waals surface area contributed by atoms with Crippen LogP contribution in [-0.2, 0) is 6.42 Å². The van der Waals surface area contributed by atoms with Gasteiger partial charge in [-0.25, -0.2) is 0 Å². The minimum absolute atomic E-state index is 0.133. The highest BCUT2D eigenvalue weighted by atomic mass is 15.3. The summed E-state index contributed by atoms with van der Waals surface area (Å²) >= 11 is 0. The third-order valence-electron chi connectivity index (χ3n) is 4.44. The molecule has 0 aliphatic rings. The zero-order valence-corrected chi connectivity index (χ0v) is 17.0. The monoisotopic (exact) mass is 390 g/mol. The maximum absolute atomic E-state index is 8.11. The van der Waals surface area contributed by atoms with E-state index >= 15 is 0 Å². The molecule has 0 bridgehead atoms. The van der Waals surface area contributed by atoms with Crippen molar-refractivity contribution < 1.29 is 0 Å². The minimum Gasteiger partial charge on any atom is -0.370 e. The van der Waals surface area contributed by atoms with Gasteiger partial charge in [0.1, 0.15) is 0 Å². The van der Waals surface area contributed by atoms with E-state index in [0.29, 0.717) is 19.9 Å². The Morgan fingerprint density at radius 1 is 0.929 bits per heavy atom. The number of benzene rings is 1. The van der Waals surface area contributed by atoms with Gasteiger partial charge in [0.25, 0.3) is 0 Å². The molecule has 0 aliphatic heterocycles. The number of hydrogen-bond acceptors (Lipinski definition) is 5. The molecule has 0 aromatic heterocycles. The normalized spacial score (nSPS) is 10.6. The lowest BCUT2D eigenvalue weighted by Crippen LogP contribution is -2.50. The summed E-state index contributed by atoms with van der Waals surface area (Å²) in [5.41, 5.74) is 12.1. The Morgan fingerprint density at radius 3 is 2.29 bits per heavy atom. The molecule has 0 atom stereocenters. The quantitative estimate of drug-likeness (QED) is 0.104. The third-order valence-corrected chi connectivity index (χ3v) is 4.44. The van der Waals surface area contributed by atoms with E-state index in [9.17, 15) is 0 Å². The molecule has 0 unspecified atom stereocenters. The molecule has 8 heteroatoms. The molecule has 1 aromatic rings. The molecule has 0 spiro atoms. The van der Waals surface area contributed by atoms with Gasteiger partial charge in [-0.15, -0.1) is 0 Å². The SMILES string of the molecule is N=C(N)NC(=N)N(CCc1ccccc1)CNCNCCCCCCCCN. The fraction of sp³-hybridized carbons (Fsp3) is 0.600. The van der Waals surface area contributed by atoms with Gasteiger partial charge in [0.2, 0.25) is 0 Å². The Hall–Kier alpha value is -2.16. The summed E-state index contributed by atoms with van der Waals surface area (Å²) in [5.74, 6) is -0.0901. The van der Waals surface area contributed by atoms with E-state index in [1.807, 2.05) is 23.1 Å². The summed E-state index contributed by atoms with van der Waals surface area (Å²) in [4.78, 5) is 1.84. The van der Waals surface area contributed by atoms with Gasteiger partial charge in [0.15, 0.2) is 11.9 Å². The first-order chi connectivity index (χ1) is 13.6. The molecule has 0 radical (unpaired) electrons. The molecule has 0 fully saturated rings. The Morgan fingerprint density at radius 2 is 1.61 bits per heavy atom. The van der Waals surface area contributed by atoms with Crippen molar-refractivity contribution in [3.05, 3.63) is 35.9 Å². The lowest BCUT2D eigenvalue weighted by atomic mass is 10.1. The van der Waals surface area contributed by atoms with Crippen LogP contribution in [0.4, 0.5) is 0 Å². The van der Waals surface area contributed by atoms with E-state index in [1.165, 1.54) is 37.7 Å². The lowest BCUT2D eigenvalue weighted by molar-refractivity contribution is 0.364. The average Bonchev–Trinajstić information content (AvgIpc) is 2.68. The van der Waals surface area contributed by atoms with Crippen molar-refractivity contribution >= 4 is 11.9 Å². The number of nitrogens with one attached hydrogen (secondary N) is 5. The fourth-order valence-corrected chi connectivity index (χ4v) is 2.85. The number of hydrogen-bond donors (Lipinski definition) is 7. The Bertz CT molecular complexity index is 534. The summed E-state index contributed by atoms with van der Waals surface area (Å²) in [5, 5.41) is 24.7. The third kappa shape index (κ3) is 12.3. The zero-order valence-electron chi connectivity index (χ0n) is 17.0. The maximum Gasteiger partial charge on any atom is 0.198 e. The van der Waals surface area contributed by atoms with Gasteiger partial charge in [0.05, 0.1) is 6.67 Å². The first kappa shape index (κ1) is 23.9.